The van der Waals surface area contributed by atoms with Crippen LogP contribution in [-0.2, 0) is 9.59 Å². The van der Waals surface area contributed by atoms with Gasteiger partial charge in [0.15, 0.2) is 0 Å². The molecule has 0 aromatic heterocycles. The molecule has 3 rings (SSSR count). The highest BCUT2D eigenvalue weighted by molar-refractivity contribution is 5.80. The minimum absolute atomic E-state index is 0.0628. The van der Waals surface area contributed by atoms with Crippen LogP contribution < -0.4 is 5.73 Å². The number of carbonyl (C=O) groups excluding carboxylic acids is 2. The molecule has 2 aliphatic heterocycles. The highest BCUT2D eigenvalue weighted by Gasteiger charge is 2.34. The number of amides is 2. The largest absolute Gasteiger partial charge is 0.369 e. The molecule has 5 nitrogen and oxygen atoms in total. The van der Waals surface area contributed by atoms with Crippen LogP contribution in [0.5, 0.6) is 0 Å². The van der Waals surface area contributed by atoms with Crippen LogP contribution >= 0.6 is 0 Å². The molecule has 2 amide bonds. The molecule has 2 saturated heterocycles. The number of benzene rings is 1. The second-order valence-corrected chi connectivity index (χ2v) is 7.49. The molecular formula is C20H28FN3O2. The Bertz CT molecular complexity index is 652. The number of nitrogens with two attached hydrogens (primary N) is 1. The molecule has 0 aliphatic carbocycles. The summed E-state index contributed by atoms with van der Waals surface area (Å²) in [6.45, 7) is 2.30. The van der Waals surface area contributed by atoms with Crippen molar-refractivity contribution in [2.45, 2.75) is 44.6 Å². The van der Waals surface area contributed by atoms with Crippen molar-refractivity contribution in [3.05, 3.63) is 35.6 Å². The number of carbonyl (C=O) groups is 2. The van der Waals surface area contributed by atoms with Crippen molar-refractivity contribution in [2.24, 2.45) is 11.7 Å². The molecule has 2 aliphatic rings. The van der Waals surface area contributed by atoms with Crippen molar-refractivity contribution in [3.8, 4) is 0 Å². The SMILES string of the molecule is NC(=O)CN1CCCC(C(=O)N2CCCCCC2c2cccc(F)c2)C1. The summed E-state index contributed by atoms with van der Waals surface area (Å²) in [6.07, 6.45) is 5.71. The van der Waals surface area contributed by atoms with Gasteiger partial charge in [-0.15, -0.1) is 0 Å². The first kappa shape index (κ1) is 18.8. The van der Waals surface area contributed by atoms with Crippen LogP contribution in [0.1, 0.15) is 50.1 Å². The van der Waals surface area contributed by atoms with E-state index in [-0.39, 0.29) is 36.1 Å². The van der Waals surface area contributed by atoms with Crippen molar-refractivity contribution in [2.75, 3.05) is 26.2 Å². The number of primary amides is 1. The third-order valence-corrected chi connectivity index (χ3v) is 5.50. The minimum atomic E-state index is -0.356. The number of hydrogen-bond donors (Lipinski definition) is 1. The number of hydrogen-bond acceptors (Lipinski definition) is 3. The average molecular weight is 361 g/mol. The van der Waals surface area contributed by atoms with Gasteiger partial charge in [-0.2, -0.15) is 0 Å². The molecule has 0 saturated carbocycles. The summed E-state index contributed by atoms with van der Waals surface area (Å²) in [5, 5.41) is 0. The van der Waals surface area contributed by atoms with Crippen LogP contribution in [0.15, 0.2) is 24.3 Å². The molecule has 2 unspecified atom stereocenters. The first-order valence-corrected chi connectivity index (χ1v) is 9.61. The number of piperidine rings is 1. The van der Waals surface area contributed by atoms with E-state index in [0.717, 1.165) is 50.6 Å². The van der Waals surface area contributed by atoms with E-state index in [1.165, 1.54) is 6.07 Å². The van der Waals surface area contributed by atoms with Crippen molar-refractivity contribution >= 4 is 11.8 Å². The van der Waals surface area contributed by atoms with Gasteiger partial charge in [0.25, 0.3) is 0 Å². The summed E-state index contributed by atoms with van der Waals surface area (Å²) in [5.74, 6) is -0.595. The average Bonchev–Trinajstić information content (AvgIpc) is 2.87. The summed E-state index contributed by atoms with van der Waals surface area (Å²) < 4.78 is 13.7. The molecular weight excluding hydrogens is 333 g/mol. The van der Waals surface area contributed by atoms with E-state index in [1.54, 1.807) is 12.1 Å². The Kier molecular flexibility index (Phi) is 6.25. The van der Waals surface area contributed by atoms with E-state index in [1.807, 2.05) is 15.9 Å². The second kappa shape index (κ2) is 8.62. The summed E-state index contributed by atoms with van der Waals surface area (Å²) in [6, 6.07) is 6.56. The van der Waals surface area contributed by atoms with Crippen LogP contribution in [0.3, 0.4) is 0 Å². The summed E-state index contributed by atoms with van der Waals surface area (Å²) in [4.78, 5) is 28.4. The van der Waals surface area contributed by atoms with Crippen molar-refractivity contribution in [1.82, 2.24) is 9.80 Å². The van der Waals surface area contributed by atoms with Crippen molar-refractivity contribution < 1.29 is 14.0 Å². The zero-order valence-corrected chi connectivity index (χ0v) is 15.2. The standard InChI is InChI=1S/C20H28FN3O2/c21-17-8-4-6-15(12-17)18-9-2-1-3-11-24(18)20(26)16-7-5-10-23(13-16)14-19(22)25/h4,6,8,12,16,18H,1-3,5,7,9-11,13-14H2,(H2,22,25). The van der Waals surface area contributed by atoms with Crippen LogP contribution in [0.4, 0.5) is 4.39 Å². The van der Waals surface area contributed by atoms with E-state index < -0.39 is 0 Å². The first-order chi connectivity index (χ1) is 12.5. The second-order valence-electron chi connectivity index (χ2n) is 7.49. The highest BCUT2D eigenvalue weighted by Crippen LogP contribution is 2.33. The fourth-order valence-electron chi connectivity index (χ4n) is 4.29. The Labute approximate surface area is 154 Å². The zero-order chi connectivity index (χ0) is 18.5. The topological polar surface area (TPSA) is 66.6 Å². The number of nitrogens with zero attached hydrogens (tertiary/aromatic N) is 2. The summed E-state index contributed by atoms with van der Waals surface area (Å²) in [5.41, 5.74) is 6.19. The fraction of sp³-hybridized carbons (Fsp3) is 0.600. The normalized spacial score (nSPS) is 24.9. The summed E-state index contributed by atoms with van der Waals surface area (Å²) >= 11 is 0. The molecule has 2 fully saturated rings. The molecule has 1 aromatic carbocycles. The fourth-order valence-corrected chi connectivity index (χ4v) is 4.29. The van der Waals surface area contributed by atoms with E-state index in [4.69, 9.17) is 5.73 Å². The Morgan fingerprint density at radius 3 is 2.73 bits per heavy atom. The maximum absolute atomic E-state index is 13.7. The van der Waals surface area contributed by atoms with E-state index in [0.29, 0.717) is 13.1 Å². The molecule has 0 radical (unpaired) electrons. The van der Waals surface area contributed by atoms with E-state index in [9.17, 15) is 14.0 Å². The van der Waals surface area contributed by atoms with Crippen LogP contribution in [0, 0.1) is 11.7 Å². The maximum atomic E-state index is 13.7. The van der Waals surface area contributed by atoms with Gasteiger partial charge in [-0.25, -0.2) is 4.39 Å². The molecule has 2 atom stereocenters. The third kappa shape index (κ3) is 4.61. The van der Waals surface area contributed by atoms with Gasteiger partial charge in [0.2, 0.25) is 11.8 Å². The predicted molar refractivity (Wildman–Crippen MR) is 97.7 cm³/mol. The molecule has 0 bridgehead atoms. The maximum Gasteiger partial charge on any atom is 0.231 e. The molecule has 2 heterocycles. The molecule has 142 valence electrons. The van der Waals surface area contributed by atoms with Gasteiger partial charge < -0.3 is 10.6 Å². The van der Waals surface area contributed by atoms with Crippen molar-refractivity contribution in [1.29, 1.82) is 0 Å². The van der Waals surface area contributed by atoms with E-state index >= 15 is 0 Å². The Morgan fingerprint density at radius 2 is 1.96 bits per heavy atom. The Balaban J connectivity index is 1.77. The van der Waals surface area contributed by atoms with E-state index in [2.05, 4.69) is 0 Å². The molecule has 2 N–H and O–H groups in total. The predicted octanol–water partition coefficient (Wildman–Crippen LogP) is 2.47. The van der Waals surface area contributed by atoms with Gasteiger partial charge in [0.05, 0.1) is 18.5 Å². The monoisotopic (exact) mass is 361 g/mol. The lowest BCUT2D eigenvalue weighted by Crippen LogP contribution is -2.47. The number of rotatable bonds is 4. The molecule has 0 spiro atoms. The number of halogens is 1. The van der Waals surface area contributed by atoms with Gasteiger partial charge in [-0.05, 0) is 49.9 Å². The van der Waals surface area contributed by atoms with Gasteiger partial charge >= 0.3 is 0 Å². The Hall–Kier alpha value is -1.95. The van der Waals surface area contributed by atoms with Crippen LogP contribution in [0.2, 0.25) is 0 Å². The van der Waals surface area contributed by atoms with Gasteiger partial charge in [0, 0.05) is 13.1 Å². The zero-order valence-electron chi connectivity index (χ0n) is 15.2. The minimum Gasteiger partial charge on any atom is -0.369 e. The highest BCUT2D eigenvalue weighted by atomic mass is 19.1. The molecule has 6 heteroatoms. The quantitative estimate of drug-likeness (QED) is 0.896. The number of likely N-dealkylation sites (tertiary alicyclic amines) is 2. The first-order valence-electron chi connectivity index (χ1n) is 9.61. The molecule has 1 aromatic rings. The van der Waals surface area contributed by atoms with Crippen molar-refractivity contribution in [3.63, 3.8) is 0 Å². The summed E-state index contributed by atoms with van der Waals surface area (Å²) in [7, 11) is 0. The third-order valence-electron chi connectivity index (χ3n) is 5.50. The smallest absolute Gasteiger partial charge is 0.231 e. The lowest BCUT2D eigenvalue weighted by molar-refractivity contribution is -0.140. The van der Waals surface area contributed by atoms with Crippen LogP contribution in [-0.4, -0.2) is 47.8 Å². The van der Waals surface area contributed by atoms with Gasteiger partial charge in [0.1, 0.15) is 5.82 Å². The van der Waals surface area contributed by atoms with Gasteiger partial charge in [-0.3, -0.25) is 14.5 Å². The van der Waals surface area contributed by atoms with Gasteiger partial charge in [-0.1, -0.05) is 25.0 Å². The Morgan fingerprint density at radius 1 is 1.12 bits per heavy atom. The molecule has 26 heavy (non-hydrogen) atoms. The lowest BCUT2D eigenvalue weighted by Gasteiger charge is -2.37. The lowest BCUT2D eigenvalue weighted by atomic mass is 9.94. The van der Waals surface area contributed by atoms with Crippen LogP contribution in [0.25, 0.3) is 0 Å².